The molecular formula is C22H29NO4. The second-order valence-electron chi connectivity index (χ2n) is 6.96. The van der Waals surface area contributed by atoms with Gasteiger partial charge in [0.15, 0.2) is 0 Å². The highest BCUT2D eigenvalue weighted by Crippen LogP contribution is 2.17. The smallest absolute Gasteiger partial charge is 0.119 e. The van der Waals surface area contributed by atoms with Gasteiger partial charge in [0.05, 0.1) is 13.2 Å². The van der Waals surface area contributed by atoms with Crippen molar-refractivity contribution < 1.29 is 19.3 Å². The number of benzene rings is 2. The maximum Gasteiger partial charge on any atom is 0.119 e. The summed E-state index contributed by atoms with van der Waals surface area (Å²) in [6.07, 6.45) is 1.87. The number of ether oxygens (including phenoxy) is 3. The van der Waals surface area contributed by atoms with E-state index in [4.69, 9.17) is 14.2 Å². The Labute approximate surface area is 161 Å². The van der Waals surface area contributed by atoms with E-state index in [1.54, 1.807) is 7.11 Å². The molecule has 0 unspecified atom stereocenters. The lowest BCUT2D eigenvalue weighted by Crippen LogP contribution is -2.39. The Morgan fingerprint density at radius 2 is 1.89 bits per heavy atom. The molecule has 0 aromatic heterocycles. The van der Waals surface area contributed by atoms with Gasteiger partial charge < -0.3 is 19.3 Å². The maximum atomic E-state index is 10.5. The van der Waals surface area contributed by atoms with E-state index in [0.717, 1.165) is 44.0 Å². The Morgan fingerprint density at radius 1 is 1.11 bits per heavy atom. The largest absolute Gasteiger partial charge is 0.497 e. The van der Waals surface area contributed by atoms with Crippen LogP contribution < -0.4 is 9.47 Å². The van der Waals surface area contributed by atoms with Gasteiger partial charge >= 0.3 is 0 Å². The van der Waals surface area contributed by atoms with E-state index in [-0.39, 0.29) is 12.7 Å². The average Bonchev–Trinajstić information content (AvgIpc) is 3.21. The zero-order valence-corrected chi connectivity index (χ0v) is 15.9. The molecular weight excluding hydrogens is 342 g/mol. The van der Waals surface area contributed by atoms with Gasteiger partial charge in [-0.1, -0.05) is 30.3 Å². The standard InChI is InChI=1S/C22H29NO4/c1-25-20-11-9-18(10-12-20)14-23(16-22-8-5-13-26-22)15-19(24)17-27-21-6-3-2-4-7-21/h2-4,6-7,9-12,19,22,24H,5,8,13-17H2,1H3/t19-,22-/m0/s1. The summed E-state index contributed by atoms with van der Waals surface area (Å²) >= 11 is 0. The quantitative estimate of drug-likeness (QED) is 0.695. The van der Waals surface area contributed by atoms with Crippen molar-refractivity contribution in [3.05, 3.63) is 60.2 Å². The Balaban J connectivity index is 1.56. The number of para-hydroxylation sites is 1. The van der Waals surface area contributed by atoms with E-state index in [0.29, 0.717) is 6.54 Å². The molecule has 0 radical (unpaired) electrons. The molecule has 1 N–H and O–H groups in total. The highest BCUT2D eigenvalue weighted by atomic mass is 16.5. The van der Waals surface area contributed by atoms with E-state index in [1.165, 1.54) is 5.56 Å². The van der Waals surface area contributed by atoms with Crippen LogP contribution in [0.2, 0.25) is 0 Å². The van der Waals surface area contributed by atoms with Crippen LogP contribution in [0.4, 0.5) is 0 Å². The molecule has 3 rings (SSSR count). The van der Waals surface area contributed by atoms with Crippen molar-refractivity contribution >= 4 is 0 Å². The molecule has 0 saturated carbocycles. The highest BCUT2D eigenvalue weighted by Gasteiger charge is 2.21. The first-order valence-electron chi connectivity index (χ1n) is 9.56. The zero-order chi connectivity index (χ0) is 18.9. The Bertz CT molecular complexity index is 656. The molecule has 1 saturated heterocycles. The van der Waals surface area contributed by atoms with Crippen molar-refractivity contribution in [3.63, 3.8) is 0 Å². The first kappa shape index (κ1) is 19.7. The molecule has 146 valence electrons. The van der Waals surface area contributed by atoms with Gasteiger partial charge in [-0.25, -0.2) is 0 Å². The lowest BCUT2D eigenvalue weighted by atomic mass is 10.1. The van der Waals surface area contributed by atoms with Crippen LogP contribution in [0.1, 0.15) is 18.4 Å². The molecule has 27 heavy (non-hydrogen) atoms. The summed E-state index contributed by atoms with van der Waals surface area (Å²) in [6, 6.07) is 17.7. The second-order valence-corrected chi connectivity index (χ2v) is 6.96. The van der Waals surface area contributed by atoms with Crippen molar-refractivity contribution in [3.8, 4) is 11.5 Å². The molecule has 0 bridgehead atoms. The van der Waals surface area contributed by atoms with Gasteiger partial charge in [0.2, 0.25) is 0 Å². The number of nitrogens with zero attached hydrogens (tertiary/aromatic N) is 1. The molecule has 1 aliphatic rings. The number of hydrogen-bond acceptors (Lipinski definition) is 5. The van der Waals surface area contributed by atoms with Gasteiger partial charge in [-0.05, 0) is 42.7 Å². The third-order valence-corrected chi connectivity index (χ3v) is 4.71. The lowest BCUT2D eigenvalue weighted by Gasteiger charge is -2.27. The van der Waals surface area contributed by atoms with Crippen LogP contribution in [0.15, 0.2) is 54.6 Å². The van der Waals surface area contributed by atoms with Crippen LogP contribution >= 0.6 is 0 Å². The number of aliphatic hydroxyl groups is 1. The van der Waals surface area contributed by atoms with Crippen LogP contribution in [0.3, 0.4) is 0 Å². The summed E-state index contributed by atoms with van der Waals surface area (Å²) in [5.41, 5.74) is 1.19. The zero-order valence-electron chi connectivity index (χ0n) is 15.9. The van der Waals surface area contributed by atoms with Crippen LogP contribution in [-0.4, -0.2) is 55.6 Å². The number of rotatable bonds is 10. The van der Waals surface area contributed by atoms with Crippen LogP contribution in [-0.2, 0) is 11.3 Å². The fourth-order valence-corrected chi connectivity index (χ4v) is 3.33. The highest BCUT2D eigenvalue weighted by molar-refractivity contribution is 5.27. The number of hydrogen-bond donors (Lipinski definition) is 1. The van der Waals surface area contributed by atoms with Gasteiger partial charge in [-0.2, -0.15) is 0 Å². The van der Waals surface area contributed by atoms with Crippen molar-refractivity contribution in [1.29, 1.82) is 0 Å². The average molecular weight is 371 g/mol. The van der Waals surface area contributed by atoms with Crippen molar-refractivity contribution in [2.45, 2.75) is 31.6 Å². The van der Waals surface area contributed by atoms with Crippen LogP contribution in [0.25, 0.3) is 0 Å². The fourth-order valence-electron chi connectivity index (χ4n) is 3.33. The Hall–Kier alpha value is -2.08. The molecule has 1 heterocycles. The van der Waals surface area contributed by atoms with Crippen LogP contribution in [0, 0.1) is 0 Å². The third kappa shape index (κ3) is 6.54. The summed E-state index contributed by atoms with van der Waals surface area (Å²) in [5, 5.41) is 10.5. The van der Waals surface area contributed by atoms with Gasteiger partial charge in [0.1, 0.15) is 24.2 Å². The van der Waals surface area contributed by atoms with Gasteiger partial charge in [0, 0.05) is 26.2 Å². The van der Waals surface area contributed by atoms with E-state index < -0.39 is 6.10 Å². The van der Waals surface area contributed by atoms with E-state index in [9.17, 15) is 5.11 Å². The normalized spacial score (nSPS) is 17.8. The lowest BCUT2D eigenvalue weighted by molar-refractivity contribution is 0.0313. The minimum atomic E-state index is -0.565. The second kappa shape index (κ2) is 10.3. The molecule has 0 aliphatic carbocycles. The van der Waals surface area contributed by atoms with Gasteiger partial charge in [0.25, 0.3) is 0 Å². The van der Waals surface area contributed by atoms with Crippen molar-refractivity contribution in [1.82, 2.24) is 4.90 Å². The van der Waals surface area contributed by atoms with E-state index in [1.807, 2.05) is 42.5 Å². The summed E-state index contributed by atoms with van der Waals surface area (Å²) in [6.45, 7) is 3.22. The number of methoxy groups -OCH3 is 1. The minimum absolute atomic E-state index is 0.241. The summed E-state index contributed by atoms with van der Waals surface area (Å²) < 4.78 is 16.7. The monoisotopic (exact) mass is 371 g/mol. The van der Waals surface area contributed by atoms with Gasteiger partial charge in [-0.3, -0.25) is 4.90 Å². The summed E-state index contributed by atoms with van der Waals surface area (Å²) in [7, 11) is 1.67. The summed E-state index contributed by atoms with van der Waals surface area (Å²) in [5.74, 6) is 1.62. The van der Waals surface area contributed by atoms with Crippen LogP contribution in [0.5, 0.6) is 11.5 Å². The molecule has 5 nitrogen and oxygen atoms in total. The third-order valence-electron chi connectivity index (χ3n) is 4.71. The van der Waals surface area contributed by atoms with E-state index in [2.05, 4.69) is 17.0 Å². The van der Waals surface area contributed by atoms with E-state index >= 15 is 0 Å². The summed E-state index contributed by atoms with van der Waals surface area (Å²) in [4.78, 5) is 2.25. The Kier molecular flexibility index (Phi) is 7.51. The fraction of sp³-hybridized carbons (Fsp3) is 0.455. The van der Waals surface area contributed by atoms with Gasteiger partial charge in [-0.15, -0.1) is 0 Å². The molecule has 5 heteroatoms. The van der Waals surface area contributed by atoms with Crippen molar-refractivity contribution in [2.75, 3.05) is 33.4 Å². The Morgan fingerprint density at radius 3 is 2.56 bits per heavy atom. The molecule has 2 aromatic rings. The minimum Gasteiger partial charge on any atom is -0.497 e. The molecule has 2 aromatic carbocycles. The topological polar surface area (TPSA) is 51.2 Å². The number of aliphatic hydroxyl groups excluding tert-OH is 1. The maximum absolute atomic E-state index is 10.5. The first-order valence-corrected chi connectivity index (χ1v) is 9.56. The van der Waals surface area contributed by atoms with Crippen molar-refractivity contribution in [2.24, 2.45) is 0 Å². The molecule has 1 fully saturated rings. The molecule has 0 spiro atoms. The molecule has 0 amide bonds. The SMILES string of the molecule is COc1ccc(CN(C[C@H](O)COc2ccccc2)C[C@@H]2CCCO2)cc1. The predicted molar refractivity (Wildman–Crippen MR) is 105 cm³/mol. The molecule has 2 atom stereocenters. The first-order chi connectivity index (χ1) is 13.2. The molecule has 1 aliphatic heterocycles. The predicted octanol–water partition coefficient (Wildman–Crippen LogP) is 3.12.